The number of carboxylic acids is 1. The zero-order chi connectivity index (χ0) is 15.0. The second kappa shape index (κ2) is 7.25. The quantitative estimate of drug-likeness (QED) is 0.641. The maximum atomic E-state index is 12.7. The van der Waals surface area contributed by atoms with Crippen LogP contribution in [0, 0.1) is 0 Å². The minimum Gasteiger partial charge on any atom is -0.542 e. The maximum Gasteiger partial charge on any atom is 1.00 e. The van der Waals surface area contributed by atoms with Crippen LogP contribution in [0.1, 0.15) is 53.7 Å². The number of thiophene rings is 1. The van der Waals surface area contributed by atoms with Crippen LogP contribution >= 0.6 is 11.3 Å². The summed E-state index contributed by atoms with van der Waals surface area (Å²) in [6, 6.07) is 0. The van der Waals surface area contributed by atoms with Gasteiger partial charge in [-0.25, -0.2) is 4.98 Å². The van der Waals surface area contributed by atoms with Gasteiger partial charge in [0.15, 0.2) is 5.82 Å². The molecule has 0 saturated carbocycles. The van der Waals surface area contributed by atoms with Crippen molar-refractivity contribution in [1.29, 1.82) is 0 Å². The summed E-state index contributed by atoms with van der Waals surface area (Å²) in [4.78, 5) is 30.0. The number of carbonyl (C=O) groups excluding carboxylic acids is 1. The summed E-state index contributed by atoms with van der Waals surface area (Å²) in [6.45, 7) is 2.38. The van der Waals surface area contributed by atoms with Gasteiger partial charge in [0, 0.05) is 11.4 Å². The molecular weight excluding hydrogens is 311 g/mol. The first-order valence-electron chi connectivity index (χ1n) is 7.40. The van der Waals surface area contributed by atoms with Crippen LogP contribution in [0.15, 0.2) is 4.79 Å². The summed E-state index contributed by atoms with van der Waals surface area (Å²) in [7, 11) is 0. The molecule has 0 fully saturated rings. The molecule has 0 radical (unpaired) electrons. The Labute approximate surface area is 154 Å². The van der Waals surface area contributed by atoms with Gasteiger partial charge >= 0.3 is 29.6 Å². The van der Waals surface area contributed by atoms with Crippen molar-refractivity contribution in [3.8, 4) is 0 Å². The van der Waals surface area contributed by atoms with Gasteiger partial charge < -0.3 is 9.90 Å². The van der Waals surface area contributed by atoms with Gasteiger partial charge in [-0.3, -0.25) is 9.36 Å². The summed E-state index contributed by atoms with van der Waals surface area (Å²) < 4.78 is 1.28. The smallest absolute Gasteiger partial charge is 0.542 e. The molecule has 0 N–H and O–H groups in total. The second-order valence-electron chi connectivity index (χ2n) is 5.42. The minimum absolute atomic E-state index is 0. The number of aromatic nitrogens is 2. The number of nitrogens with zero attached hydrogens (tertiary/aromatic N) is 2. The minimum atomic E-state index is -1.38. The van der Waals surface area contributed by atoms with E-state index in [4.69, 9.17) is 0 Å². The molecule has 0 atom stereocenters. The van der Waals surface area contributed by atoms with Gasteiger partial charge in [0.1, 0.15) is 10.8 Å². The molecule has 0 bridgehead atoms. The summed E-state index contributed by atoms with van der Waals surface area (Å²) >= 11 is 1.46. The number of carboxylic acid groups (broad SMARTS) is 1. The number of unbranched alkanes of at least 4 members (excludes halogenated alkanes) is 1. The van der Waals surface area contributed by atoms with Gasteiger partial charge in [0.25, 0.3) is 5.56 Å². The fraction of sp³-hybridized carbons (Fsp3) is 0.533. The van der Waals surface area contributed by atoms with E-state index in [1.807, 2.05) is 6.92 Å². The van der Waals surface area contributed by atoms with E-state index in [1.54, 1.807) is 0 Å². The Kier molecular flexibility index (Phi) is 5.82. The number of fused-ring (bicyclic) bond motifs is 3. The predicted octanol–water partition coefficient (Wildman–Crippen LogP) is -1.50. The van der Waals surface area contributed by atoms with Crippen LogP contribution in [0.4, 0.5) is 0 Å². The fourth-order valence-corrected chi connectivity index (χ4v) is 4.17. The molecular formula is C15H17N2NaO3S. The topological polar surface area (TPSA) is 75.0 Å². The van der Waals surface area contributed by atoms with Crippen molar-refractivity contribution >= 4 is 27.5 Å². The Morgan fingerprint density at radius 3 is 2.77 bits per heavy atom. The third kappa shape index (κ3) is 3.02. The third-order valence-corrected chi connectivity index (χ3v) is 5.18. The number of aryl methyl sites for hydroxylation is 2. The van der Waals surface area contributed by atoms with E-state index >= 15 is 0 Å². The largest absolute Gasteiger partial charge is 1.00 e. The van der Waals surface area contributed by atoms with Crippen molar-refractivity contribution in [2.24, 2.45) is 0 Å². The van der Waals surface area contributed by atoms with E-state index in [0.29, 0.717) is 16.8 Å². The Morgan fingerprint density at radius 2 is 2.09 bits per heavy atom. The van der Waals surface area contributed by atoms with Crippen LogP contribution in [0.5, 0.6) is 0 Å². The molecule has 2 aromatic rings. The van der Waals surface area contributed by atoms with Crippen LogP contribution in [0.25, 0.3) is 10.2 Å². The van der Waals surface area contributed by atoms with Crippen LogP contribution in [0.2, 0.25) is 0 Å². The number of hydrogen-bond acceptors (Lipinski definition) is 5. The van der Waals surface area contributed by atoms with Crippen LogP contribution in [-0.2, 0) is 19.4 Å². The van der Waals surface area contributed by atoms with E-state index in [-0.39, 0.29) is 40.9 Å². The Morgan fingerprint density at radius 1 is 1.36 bits per heavy atom. The van der Waals surface area contributed by atoms with Gasteiger partial charge in [-0.1, -0.05) is 13.3 Å². The van der Waals surface area contributed by atoms with Crippen LogP contribution in [0.3, 0.4) is 0 Å². The molecule has 1 aliphatic rings. The standard InChI is InChI=1S/C15H18N2O3S.Na/c1-2-3-8-17-12(15(19)20)16-13-11(14(17)18)9-6-4-5-7-10(9)21-13;/h2-8H2,1H3,(H,19,20);/q;+1/p-1. The summed E-state index contributed by atoms with van der Waals surface area (Å²) in [6.07, 6.45) is 5.70. The van der Waals surface area contributed by atoms with E-state index < -0.39 is 5.97 Å². The monoisotopic (exact) mass is 328 g/mol. The van der Waals surface area contributed by atoms with E-state index in [9.17, 15) is 14.7 Å². The molecule has 22 heavy (non-hydrogen) atoms. The summed E-state index contributed by atoms with van der Waals surface area (Å²) in [5.41, 5.74) is 0.876. The number of rotatable bonds is 4. The SMILES string of the molecule is CCCCn1c(C(=O)[O-])nc2sc3c(c2c1=O)CCCC3.[Na+]. The fourth-order valence-electron chi connectivity index (χ4n) is 2.92. The molecule has 5 nitrogen and oxygen atoms in total. The molecule has 7 heteroatoms. The number of hydrogen-bond donors (Lipinski definition) is 0. The van der Waals surface area contributed by atoms with E-state index in [0.717, 1.165) is 44.1 Å². The maximum absolute atomic E-state index is 12.7. The molecule has 0 amide bonds. The molecule has 0 spiro atoms. The normalized spacial score (nSPS) is 13.7. The van der Waals surface area contributed by atoms with Gasteiger partial charge in [-0.15, -0.1) is 11.3 Å². The zero-order valence-electron chi connectivity index (χ0n) is 13.0. The van der Waals surface area contributed by atoms with Gasteiger partial charge in [0.2, 0.25) is 0 Å². The van der Waals surface area contributed by atoms with E-state index in [1.165, 1.54) is 20.8 Å². The van der Waals surface area contributed by atoms with Crippen LogP contribution < -0.4 is 40.2 Å². The first-order chi connectivity index (χ1) is 10.1. The van der Waals surface area contributed by atoms with E-state index in [2.05, 4.69) is 4.98 Å². The molecule has 2 heterocycles. The van der Waals surface area contributed by atoms with Gasteiger partial charge in [0.05, 0.1) is 5.39 Å². The van der Waals surface area contributed by atoms with Crippen molar-refractivity contribution in [1.82, 2.24) is 9.55 Å². The number of carbonyl (C=O) groups is 1. The molecule has 1 aliphatic carbocycles. The van der Waals surface area contributed by atoms with Gasteiger partial charge in [-0.2, -0.15) is 0 Å². The van der Waals surface area contributed by atoms with Crippen molar-refractivity contribution in [3.05, 3.63) is 26.6 Å². The number of aromatic carboxylic acids is 1. The van der Waals surface area contributed by atoms with Crippen LogP contribution in [-0.4, -0.2) is 15.5 Å². The third-order valence-electron chi connectivity index (χ3n) is 3.99. The Balaban J connectivity index is 0.00000176. The molecule has 0 aliphatic heterocycles. The first kappa shape index (κ1) is 17.7. The zero-order valence-corrected chi connectivity index (χ0v) is 15.8. The molecule has 3 rings (SSSR count). The van der Waals surface area contributed by atoms with Gasteiger partial charge in [-0.05, 0) is 37.7 Å². The van der Waals surface area contributed by atoms with Crippen molar-refractivity contribution in [2.45, 2.75) is 52.0 Å². The van der Waals surface area contributed by atoms with Crippen molar-refractivity contribution in [2.75, 3.05) is 0 Å². The van der Waals surface area contributed by atoms with Crippen molar-refractivity contribution < 1.29 is 39.5 Å². The predicted molar refractivity (Wildman–Crippen MR) is 79.8 cm³/mol. The molecule has 0 aromatic carbocycles. The second-order valence-corrected chi connectivity index (χ2v) is 6.51. The summed E-state index contributed by atoms with van der Waals surface area (Å²) in [5, 5.41) is 11.9. The summed E-state index contributed by atoms with van der Waals surface area (Å²) in [5.74, 6) is -1.61. The average molecular weight is 328 g/mol. The Hall–Kier alpha value is -0.690. The first-order valence-corrected chi connectivity index (χ1v) is 8.21. The molecule has 112 valence electrons. The average Bonchev–Trinajstić information content (AvgIpc) is 2.84. The molecule has 0 unspecified atom stereocenters. The van der Waals surface area contributed by atoms with Crippen molar-refractivity contribution in [3.63, 3.8) is 0 Å². The molecule has 0 saturated heterocycles. The Bertz CT molecular complexity index is 766. The molecule has 2 aromatic heterocycles.